The number of ether oxygens (including phenoxy) is 3. The monoisotopic (exact) mass is 232 g/mol. The average molecular weight is 232 g/mol. The first-order valence-corrected chi connectivity index (χ1v) is 5.86. The highest BCUT2D eigenvalue weighted by atomic mass is 16.8. The van der Waals surface area contributed by atoms with Crippen molar-refractivity contribution < 1.29 is 19.0 Å². The molecule has 0 radical (unpaired) electrons. The zero-order valence-corrected chi connectivity index (χ0v) is 11.0. The average Bonchev–Trinajstić information content (AvgIpc) is 2.13. The minimum Gasteiger partial charge on any atom is -0.429 e. The van der Waals surface area contributed by atoms with Crippen molar-refractivity contribution in [2.24, 2.45) is 0 Å². The molecule has 0 aromatic heterocycles. The van der Waals surface area contributed by atoms with Gasteiger partial charge >= 0.3 is 6.16 Å². The lowest BCUT2D eigenvalue weighted by molar-refractivity contribution is -0.0935. The molecule has 0 aromatic rings. The Kier molecular flexibility index (Phi) is 7.13. The highest BCUT2D eigenvalue weighted by Crippen LogP contribution is 2.09. The zero-order chi connectivity index (χ0) is 12.6. The van der Waals surface area contributed by atoms with Gasteiger partial charge in [-0.1, -0.05) is 20.3 Å². The van der Waals surface area contributed by atoms with Crippen LogP contribution < -0.4 is 0 Å². The van der Waals surface area contributed by atoms with Crippen molar-refractivity contribution in [2.75, 3.05) is 6.79 Å². The van der Waals surface area contributed by atoms with E-state index in [4.69, 9.17) is 14.2 Å². The van der Waals surface area contributed by atoms with E-state index in [0.29, 0.717) is 0 Å². The first-order valence-electron chi connectivity index (χ1n) is 5.86. The molecule has 0 amide bonds. The first-order chi connectivity index (χ1) is 7.39. The molecule has 0 N–H and O–H groups in total. The molecule has 1 atom stereocenters. The van der Waals surface area contributed by atoms with Gasteiger partial charge in [-0.2, -0.15) is 0 Å². The molecule has 16 heavy (non-hydrogen) atoms. The van der Waals surface area contributed by atoms with Gasteiger partial charge in [0.1, 0.15) is 5.60 Å². The van der Waals surface area contributed by atoms with Gasteiger partial charge in [0.2, 0.25) is 0 Å². The van der Waals surface area contributed by atoms with Gasteiger partial charge in [-0.3, -0.25) is 0 Å². The van der Waals surface area contributed by atoms with Crippen LogP contribution in [-0.4, -0.2) is 24.7 Å². The first kappa shape index (κ1) is 15.2. The summed E-state index contributed by atoms with van der Waals surface area (Å²) < 4.78 is 15.2. The normalized spacial score (nSPS) is 13.3. The molecule has 1 unspecified atom stereocenters. The van der Waals surface area contributed by atoms with Crippen molar-refractivity contribution in [3.63, 3.8) is 0 Å². The summed E-state index contributed by atoms with van der Waals surface area (Å²) in [4.78, 5) is 11.2. The Bertz CT molecular complexity index is 196. The second-order valence-corrected chi connectivity index (χ2v) is 4.71. The third-order valence-corrected chi connectivity index (χ3v) is 1.94. The SMILES string of the molecule is CCCC(CC)OCOC(=O)OC(C)(C)C. The van der Waals surface area contributed by atoms with Crippen LogP contribution in [0.4, 0.5) is 4.79 Å². The van der Waals surface area contributed by atoms with Gasteiger partial charge in [0.15, 0.2) is 6.79 Å². The molecular weight excluding hydrogens is 208 g/mol. The van der Waals surface area contributed by atoms with Crippen molar-refractivity contribution in [3.05, 3.63) is 0 Å². The van der Waals surface area contributed by atoms with Crippen LogP contribution in [0.3, 0.4) is 0 Å². The van der Waals surface area contributed by atoms with Crippen LogP contribution in [0.5, 0.6) is 0 Å². The van der Waals surface area contributed by atoms with Crippen LogP contribution >= 0.6 is 0 Å². The van der Waals surface area contributed by atoms with Gasteiger partial charge in [0.25, 0.3) is 0 Å². The van der Waals surface area contributed by atoms with Crippen LogP contribution in [0.2, 0.25) is 0 Å². The molecule has 0 rings (SSSR count). The molecule has 4 heteroatoms. The molecule has 0 bridgehead atoms. The van der Waals surface area contributed by atoms with Gasteiger partial charge in [0, 0.05) is 0 Å². The molecule has 0 spiro atoms. The molecular formula is C12H24O4. The molecule has 0 aliphatic carbocycles. The van der Waals surface area contributed by atoms with Crippen molar-refractivity contribution in [2.45, 2.75) is 65.6 Å². The van der Waals surface area contributed by atoms with Crippen molar-refractivity contribution >= 4 is 6.16 Å². The number of rotatable bonds is 6. The summed E-state index contributed by atoms with van der Waals surface area (Å²) in [6.45, 7) is 9.49. The van der Waals surface area contributed by atoms with Crippen LogP contribution in [0.15, 0.2) is 0 Å². The number of carbonyl (C=O) groups is 1. The molecule has 0 saturated carbocycles. The lowest BCUT2D eigenvalue weighted by Gasteiger charge is -2.20. The van der Waals surface area contributed by atoms with Gasteiger partial charge in [-0.05, 0) is 33.6 Å². The van der Waals surface area contributed by atoms with Crippen molar-refractivity contribution in [1.29, 1.82) is 0 Å². The van der Waals surface area contributed by atoms with E-state index in [1.807, 2.05) is 6.92 Å². The molecule has 0 aromatic carbocycles. The summed E-state index contributed by atoms with van der Waals surface area (Å²) in [6.07, 6.45) is 2.44. The summed E-state index contributed by atoms with van der Waals surface area (Å²) in [5.41, 5.74) is -0.523. The van der Waals surface area contributed by atoms with Crippen LogP contribution in [-0.2, 0) is 14.2 Å². The van der Waals surface area contributed by atoms with Crippen LogP contribution in [0.25, 0.3) is 0 Å². The number of hydrogen-bond acceptors (Lipinski definition) is 4. The Morgan fingerprint density at radius 3 is 2.31 bits per heavy atom. The minimum atomic E-state index is -0.682. The molecule has 4 nitrogen and oxygen atoms in total. The fraction of sp³-hybridized carbons (Fsp3) is 0.917. The minimum absolute atomic E-state index is 0.0343. The smallest absolute Gasteiger partial charge is 0.429 e. The summed E-state index contributed by atoms with van der Waals surface area (Å²) in [6, 6.07) is 0. The predicted molar refractivity (Wildman–Crippen MR) is 62.3 cm³/mol. The van der Waals surface area contributed by atoms with Crippen LogP contribution in [0.1, 0.15) is 53.9 Å². The van der Waals surface area contributed by atoms with Crippen LogP contribution in [0, 0.1) is 0 Å². The second-order valence-electron chi connectivity index (χ2n) is 4.71. The molecule has 0 heterocycles. The molecule has 0 fully saturated rings. The highest BCUT2D eigenvalue weighted by molar-refractivity contribution is 5.60. The quantitative estimate of drug-likeness (QED) is 0.519. The lowest BCUT2D eigenvalue weighted by Crippen LogP contribution is -2.25. The maximum absolute atomic E-state index is 11.2. The van der Waals surface area contributed by atoms with Gasteiger partial charge in [-0.15, -0.1) is 0 Å². The standard InChI is InChI=1S/C12H24O4/c1-6-8-10(7-2)14-9-15-11(13)16-12(3,4)5/h10H,6-9H2,1-5H3. The van der Waals surface area contributed by atoms with E-state index >= 15 is 0 Å². The summed E-state index contributed by atoms with van der Waals surface area (Å²) in [5, 5.41) is 0. The lowest BCUT2D eigenvalue weighted by atomic mass is 10.2. The van der Waals surface area contributed by atoms with E-state index in [9.17, 15) is 4.79 Å². The van der Waals surface area contributed by atoms with Gasteiger partial charge < -0.3 is 14.2 Å². The number of carbonyl (C=O) groups excluding carboxylic acids is 1. The maximum atomic E-state index is 11.2. The molecule has 0 saturated heterocycles. The number of hydrogen-bond donors (Lipinski definition) is 0. The Labute approximate surface area is 98.3 Å². The highest BCUT2D eigenvalue weighted by Gasteiger charge is 2.17. The molecule has 96 valence electrons. The van der Waals surface area contributed by atoms with Crippen molar-refractivity contribution in [3.8, 4) is 0 Å². The molecule has 0 aliphatic rings. The molecule has 0 aliphatic heterocycles. The Balaban J connectivity index is 3.68. The van der Waals surface area contributed by atoms with E-state index in [2.05, 4.69) is 6.92 Å². The van der Waals surface area contributed by atoms with E-state index < -0.39 is 11.8 Å². The van der Waals surface area contributed by atoms with E-state index in [1.165, 1.54) is 0 Å². The fourth-order valence-electron chi connectivity index (χ4n) is 1.19. The van der Waals surface area contributed by atoms with Crippen molar-refractivity contribution in [1.82, 2.24) is 0 Å². The van der Waals surface area contributed by atoms with Gasteiger partial charge in [-0.25, -0.2) is 4.79 Å². The van der Waals surface area contributed by atoms with E-state index in [0.717, 1.165) is 19.3 Å². The topological polar surface area (TPSA) is 44.8 Å². The summed E-state index contributed by atoms with van der Waals surface area (Å²) in [5.74, 6) is 0. The second kappa shape index (κ2) is 7.49. The Morgan fingerprint density at radius 1 is 1.25 bits per heavy atom. The zero-order valence-electron chi connectivity index (χ0n) is 11.0. The van der Waals surface area contributed by atoms with E-state index in [1.54, 1.807) is 20.8 Å². The Morgan fingerprint density at radius 2 is 1.88 bits per heavy atom. The maximum Gasteiger partial charge on any atom is 0.510 e. The van der Waals surface area contributed by atoms with E-state index in [-0.39, 0.29) is 12.9 Å². The third kappa shape index (κ3) is 8.53. The summed E-state index contributed by atoms with van der Waals surface area (Å²) in [7, 11) is 0. The predicted octanol–water partition coefficient (Wildman–Crippen LogP) is 3.49. The van der Waals surface area contributed by atoms with Gasteiger partial charge in [0.05, 0.1) is 6.10 Å². The largest absolute Gasteiger partial charge is 0.510 e. The summed E-state index contributed by atoms with van der Waals surface area (Å²) >= 11 is 0. The third-order valence-electron chi connectivity index (χ3n) is 1.94. The fourth-order valence-corrected chi connectivity index (χ4v) is 1.19. The Hall–Kier alpha value is -0.770.